The summed E-state index contributed by atoms with van der Waals surface area (Å²) in [5, 5.41) is 3.22. The van der Waals surface area contributed by atoms with Gasteiger partial charge in [-0.15, -0.1) is 0 Å². The first kappa shape index (κ1) is 22.3. The Bertz CT molecular complexity index is 1280. The van der Waals surface area contributed by atoms with Gasteiger partial charge in [-0.1, -0.05) is 60.5 Å². The van der Waals surface area contributed by atoms with Crippen molar-refractivity contribution in [3.8, 4) is 11.3 Å². The number of aromatic nitrogens is 2. The number of nitrogens with one attached hydrogen (secondary N) is 1. The van der Waals surface area contributed by atoms with E-state index in [1.807, 2.05) is 12.5 Å². The number of carbonyl (C=O) groups excluding carboxylic acids is 2. The summed E-state index contributed by atoms with van der Waals surface area (Å²) < 4.78 is 2.17. The fourth-order valence-electron chi connectivity index (χ4n) is 6.84. The number of imidazole rings is 1. The fraction of sp³-hybridized carbons (Fsp3) is 0.433. The topological polar surface area (TPSA) is 64.0 Å². The largest absolute Gasteiger partial charge is 0.352 e. The zero-order chi connectivity index (χ0) is 24.0. The Labute approximate surface area is 209 Å². The molecule has 5 heteroatoms. The average Bonchev–Trinajstić information content (AvgIpc) is 3.34. The van der Waals surface area contributed by atoms with Crippen LogP contribution in [-0.2, 0) is 16.1 Å². The standard InChI is InChI=1S/C30H33N3O2.2H2/c1-21-7-9-22(10-8-21)18-32-28(35)30-12-4-11-29(13-15-30,14-16-30)27(34)17-25-23-5-2-3-6-24(23)26-19-31-20-33(25)26;;/h2-3,5-10,19-20,25H,4,11-18H2,1H3,(H,32,35);2*1H. The predicted molar refractivity (Wildman–Crippen MR) is 140 cm³/mol. The Morgan fingerprint density at radius 1 is 1.00 bits per heavy atom. The number of rotatable bonds is 6. The highest BCUT2D eigenvalue weighted by Crippen LogP contribution is 2.56. The maximum absolute atomic E-state index is 13.9. The second-order valence-corrected chi connectivity index (χ2v) is 11.0. The molecular formula is C30H37N3O2. The molecule has 2 heterocycles. The lowest BCUT2D eigenvalue weighted by atomic mass is 9.62. The van der Waals surface area contributed by atoms with Gasteiger partial charge in [-0.3, -0.25) is 9.59 Å². The molecule has 35 heavy (non-hydrogen) atoms. The van der Waals surface area contributed by atoms with Gasteiger partial charge in [-0.25, -0.2) is 4.98 Å². The lowest BCUT2D eigenvalue weighted by Crippen LogP contribution is -2.45. The van der Waals surface area contributed by atoms with Gasteiger partial charge in [0.1, 0.15) is 5.78 Å². The maximum atomic E-state index is 13.9. The zero-order valence-electron chi connectivity index (χ0n) is 20.4. The van der Waals surface area contributed by atoms with Gasteiger partial charge in [-0.05, 0) is 56.6 Å². The van der Waals surface area contributed by atoms with Gasteiger partial charge in [0.05, 0.1) is 24.3 Å². The third-order valence-electron chi connectivity index (χ3n) is 9.10. The minimum absolute atomic E-state index is 0. The Morgan fingerprint density at radius 2 is 1.71 bits per heavy atom. The van der Waals surface area contributed by atoms with E-state index in [2.05, 4.69) is 70.3 Å². The van der Waals surface area contributed by atoms with E-state index < -0.39 is 0 Å². The molecule has 0 saturated heterocycles. The number of hydrogen-bond donors (Lipinski definition) is 1. The molecule has 1 amide bonds. The second kappa shape index (κ2) is 8.47. The molecule has 1 atom stereocenters. The molecule has 1 aliphatic heterocycles. The Morgan fingerprint density at radius 3 is 2.51 bits per heavy atom. The smallest absolute Gasteiger partial charge is 0.226 e. The first-order valence-electron chi connectivity index (χ1n) is 13.0. The number of Topliss-reactive ketones (excluding diaryl/α,β-unsaturated/α-hetero) is 1. The first-order chi connectivity index (χ1) is 17.0. The van der Waals surface area contributed by atoms with Crippen molar-refractivity contribution in [3.63, 3.8) is 0 Å². The van der Waals surface area contributed by atoms with E-state index in [0.29, 0.717) is 18.7 Å². The van der Waals surface area contributed by atoms with Gasteiger partial charge in [-0.2, -0.15) is 0 Å². The van der Waals surface area contributed by atoms with Gasteiger partial charge in [0.25, 0.3) is 0 Å². The SMILES string of the molecule is Cc1ccc(CNC(=O)C23CCCC(C(=O)CC4c5ccccc5-c5cncn54)(CC2)CC3)cc1.[HH].[HH]. The Balaban J connectivity index is 0.00000160. The highest BCUT2D eigenvalue weighted by Gasteiger charge is 2.52. The summed E-state index contributed by atoms with van der Waals surface area (Å²) in [6, 6.07) is 16.7. The van der Waals surface area contributed by atoms with Crippen LogP contribution in [0.4, 0.5) is 0 Å². The normalized spacial score (nSPS) is 26.6. The van der Waals surface area contributed by atoms with Crippen molar-refractivity contribution in [1.82, 2.24) is 14.9 Å². The number of benzene rings is 2. The molecule has 0 spiro atoms. The van der Waals surface area contributed by atoms with Crippen molar-refractivity contribution in [2.45, 2.75) is 70.9 Å². The third-order valence-corrected chi connectivity index (χ3v) is 9.10. The molecule has 184 valence electrons. The van der Waals surface area contributed by atoms with Crippen molar-refractivity contribution < 1.29 is 12.4 Å². The van der Waals surface area contributed by atoms with Gasteiger partial charge in [0, 0.05) is 32.2 Å². The molecule has 3 aliphatic carbocycles. The maximum Gasteiger partial charge on any atom is 0.226 e. The molecule has 0 radical (unpaired) electrons. The van der Waals surface area contributed by atoms with Crippen LogP contribution in [0, 0.1) is 17.8 Å². The fourth-order valence-corrected chi connectivity index (χ4v) is 6.84. The molecule has 3 saturated carbocycles. The van der Waals surface area contributed by atoms with Crippen molar-refractivity contribution >= 4 is 11.7 Å². The number of fused-ring (bicyclic) bond motifs is 7. The van der Waals surface area contributed by atoms with Crippen LogP contribution in [-0.4, -0.2) is 21.2 Å². The molecule has 7 rings (SSSR count). The van der Waals surface area contributed by atoms with Crippen LogP contribution in [0.2, 0.25) is 0 Å². The molecule has 3 fully saturated rings. The summed E-state index contributed by atoms with van der Waals surface area (Å²) in [6.07, 6.45) is 10.3. The predicted octanol–water partition coefficient (Wildman–Crippen LogP) is 6.26. The minimum Gasteiger partial charge on any atom is -0.352 e. The highest BCUT2D eigenvalue weighted by atomic mass is 16.2. The van der Waals surface area contributed by atoms with Crippen molar-refractivity contribution in [1.29, 1.82) is 0 Å². The van der Waals surface area contributed by atoms with Crippen molar-refractivity contribution in [2.24, 2.45) is 10.8 Å². The second-order valence-electron chi connectivity index (χ2n) is 11.0. The van der Waals surface area contributed by atoms with Gasteiger partial charge in [0.2, 0.25) is 5.91 Å². The first-order valence-corrected chi connectivity index (χ1v) is 13.0. The van der Waals surface area contributed by atoms with Gasteiger partial charge >= 0.3 is 0 Å². The quantitative estimate of drug-likeness (QED) is 0.461. The Hall–Kier alpha value is -3.21. The molecule has 5 nitrogen and oxygen atoms in total. The summed E-state index contributed by atoms with van der Waals surface area (Å²) in [7, 11) is 0. The minimum atomic E-state index is -0.317. The Kier molecular flexibility index (Phi) is 5.39. The molecule has 2 aromatic carbocycles. The van der Waals surface area contributed by atoms with E-state index in [1.165, 1.54) is 16.7 Å². The van der Waals surface area contributed by atoms with E-state index in [9.17, 15) is 9.59 Å². The van der Waals surface area contributed by atoms with Crippen molar-refractivity contribution in [2.75, 3.05) is 0 Å². The summed E-state index contributed by atoms with van der Waals surface area (Å²) >= 11 is 0. The van der Waals surface area contributed by atoms with Gasteiger partial charge < -0.3 is 9.88 Å². The summed E-state index contributed by atoms with van der Waals surface area (Å²) in [5.41, 5.74) is 5.27. The number of aryl methyl sites for hydroxylation is 1. The lowest BCUT2D eigenvalue weighted by Gasteiger charge is -2.41. The summed E-state index contributed by atoms with van der Waals surface area (Å²) in [6.45, 7) is 2.64. The summed E-state index contributed by atoms with van der Waals surface area (Å²) in [5.74, 6) is 0.545. The van der Waals surface area contributed by atoms with Crippen LogP contribution >= 0.6 is 0 Å². The van der Waals surface area contributed by atoms with Crippen LogP contribution < -0.4 is 5.32 Å². The molecular weight excluding hydrogens is 434 g/mol. The molecule has 1 aromatic heterocycles. The lowest BCUT2D eigenvalue weighted by molar-refractivity contribution is -0.139. The summed E-state index contributed by atoms with van der Waals surface area (Å²) in [4.78, 5) is 31.6. The van der Waals surface area contributed by atoms with Crippen LogP contribution in [0.5, 0.6) is 0 Å². The van der Waals surface area contributed by atoms with Crippen LogP contribution in [0.3, 0.4) is 0 Å². The van der Waals surface area contributed by atoms with E-state index in [4.69, 9.17) is 0 Å². The molecule has 3 aromatic rings. The third kappa shape index (κ3) is 3.72. The van der Waals surface area contributed by atoms with E-state index in [1.54, 1.807) is 0 Å². The average molecular weight is 472 g/mol. The molecule has 4 aliphatic rings. The molecule has 1 unspecified atom stereocenters. The van der Waals surface area contributed by atoms with Gasteiger partial charge in [0.15, 0.2) is 0 Å². The van der Waals surface area contributed by atoms with Crippen LogP contribution in [0.1, 0.15) is 77.0 Å². The molecule has 1 N–H and O–H groups in total. The van der Waals surface area contributed by atoms with E-state index >= 15 is 0 Å². The number of amides is 1. The monoisotopic (exact) mass is 471 g/mol. The molecule has 2 bridgehead atoms. The zero-order valence-corrected chi connectivity index (χ0v) is 20.4. The number of nitrogens with zero attached hydrogens (tertiary/aromatic N) is 2. The van der Waals surface area contributed by atoms with Crippen LogP contribution in [0.15, 0.2) is 61.1 Å². The van der Waals surface area contributed by atoms with Crippen molar-refractivity contribution in [3.05, 3.63) is 77.7 Å². The number of ketones is 1. The number of carbonyl (C=O) groups is 2. The highest BCUT2D eigenvalue weighted by molar-refractivity contribution is 5.88. The van der Waals surface area contributed by atoms with E-state index in [0.717, 1.165) is 56.2 Å². The van der Waals surface area contributed by atoms with E-state index in [-0.39, 0.29) is 25.6 Å². The van der Waals surface area contributed by atoms with Crippen LogP contribution in [0.25, 0.3) is 11.3 Å². The number of hydrogen-bond acceptors (Lipinski definition) is 3.